The SMILES string of the molecule is COC1c2ccc(-c3cc(Cl)ccc3OCC(=O)OC(C)(C)C)cc2S(=O)(=O)C1(C)C. The zero-order valence-electron chi connectivity index (χ0n) is 18.5. The van der Waals surface area contributed by atoms with Gasteiger partial charge >= 0.3 is 5.97 Å². The van der Waals surface area contributed by atoms with Gasteiger partial charge in [-0.15, -0.1) is 0 Å². The summed E-state index contributed by atoms with van der Waals surface area (Å²) in [7, 11) is -2.11. The second kappa shape index (κ2) is 8.11. The molecule has 1 unspecified atom stereocenters. The molecular weight excluding hydrogens is 440 g/mol. The average Bonchev–Trinajstić information content (AvgIpc) is 2.80. The molecule has 0 aliphatic carbocycles. The Hall–Kier alpha value is -2.09. The van der Waals surface area contributed by atoms with Gasteiger partial charge in [0.1, 0.15) is 22.2 Å². The number of ether oxygens (including phenoxy) is 3. The molecule has 1 atom stereocenters. The topological polar surface area (TPSA) is 78.9 Å². The first kappa shape index (κ1) is 23.6. The number of esters is 1. The van der Waals surface area contributed by atoms with Crippen LogP contribution in [-0.2, 0) is 24.1 Å². The molecule has 0 spiro atoms. The molecule has 0 aromatic heterocycles. The number of methoxy groups -OCH3 is 1. The highest BCUT2D eigenvalue weighted by Gasteiger charge is 2.52. The summed E-state index contributed by atoms with van der Waals surface area (Å²) in [6.45, 7) is 8.36. The number of hydrogen-bond acceptors (Lipinski definition) is 6. The molecule has 1 aliphatic rings. The summed E-state index contributed by atoms with van der Waals surface area (Å²) in [6.07, 6.45) is -0.566. The average molecular weight is 467 g/mol. The molecular formula is C23H27ClO6S. The molecule has 0 radical (unpaired) electrons. The summed E-state index contributed by atoms with van der Waals surface area (Å²) in [5.74, 6) is -0.109. The van der Waals surface area contributed by atoms with E-state index in [2.05, 4.69) is 0 Å². The zero-order chi connectivity index (χ0) is 23.2. The highest BCUT2D eigenvalue weighted by Crippen LogP contribution is 2.49. The molecule has 0 N–H and O–H groups in total. The summed E-state index contributed by atoms with van der Waals surface area (Å²) >= 11 is 6.20. The van der Waals surface area contributed by atoms with Crippen molar-refractivity contribution in [1.29, 1.82) is 0 Å². The van der Waals surface area contributed by atoms with Gasteiger partial charge in [0.05, 0.1) is 4.90 Å². The van der Waals surface area contributed by atoms with E-state index in [1.165, 1.54) is 7.11 Å². The van der Waals surface area contributed by atoms with Gasteiger partial charge in [0, 0.05) is 23.3 Å². The molecule has 0 saturated carbocycles. The van der Waals surface area contributed by atoms with E-state index in [9.17, 15) is 13.2 Å². The van der Waals surface area contributed by atoms with Crippen LogP contribution in [0.4, 0.5) is 0 Å². The second-order valence-corrected chi connectivity index (χ2v) is 11.9. The van der Waals surface area contributed by atoms with Crippen LogP contribution in [0.15, 0.2) is 41.3 Å². The van der Waals surface area contributed by atoms with Gasteiger partial charge in [-0.2, -0.15) is 0 Å². The highest BCUT2D eigenvalue weighted by molar-refractivity contribution is 7.93. The number of rotatable bonds is 5. The molecule has 168 valence electrons. The van der Waals surface area contributed by atoms with Crippen LogP contribution < -0.4 is 4.74 Å². The minimum atomic E-state index is -3.62. The lowest BCUT2D eigenvalue weighted by atomic mass is 9.96. The minimum absolute atomic E-state index is 0.222. The predicted octanol–water partition coefficient (Wildman–Crippen LogP) is 4.98. The number of hydrogen-bond donors (Lipinski definition) is 0. The number of fused-ring (bicyclic) bond motifs is 1. The van der Waals surface area contributed by atoms with Crippen molar-refractivity contribution in [3.05, 3.63) is 47.0 Å². The number of sulfone groups is 1. The Morgan fingerprint density at radius 2 is 1.81 bits per heavy atom. The summed E-state index contributed by atoms with van der Waals surface area (Å²) < 4.78 is 41.7. The summed E-state index contributed by atoms with van der Waals surface area (Å²) in [6, 6.07) is 10.1. The van der Waals surface area contributed by atoms with E-state index in [4.69, 9.17) is 25.8 Å². The van der Waals surface area contributed by atoms with Crippen LogP contribution in [0.25, 0.3) is 11.1 Å². The maximum atomic E-state index is 13.2. The van der Waals surface area contributed by atoms with Gasteiger partial charge in [-0.25, -0.2) is 13.2 Å². The molecule has 8 heteroatoms. The monoisotopic (exact) mass is 466 g/mol. The highest BCUT2D eigenvalue weighted by atomic mass is 35.5. The molecule has 31 heavy (non-hydrogen) atoms. The molecule has 0 bridgehead atoms. The minimum Gasteiger partial charge on any atom is -0.481 e. The standard InChI is InChI=1S/C23H27ClO6S/c1-22(2,3)30-20(25)13-29-18-10-8-15(24)12-17(18)14-7-9-16-19(11-14)31(26,27)23(4,5)21(16)28-6/h7-12,21H,13H2,1-6H3. The molecule has 3 rings (SSSR count). The molecule has 2 aromatic carbocycles. The van der Waals surface area contributed by atoms with E-state index in [0.29, 0.717) is 27.5 Å². The smallest absolute Gasteiger partial charge is 0.344 e. The van der Waals surface area contributed by atoms with E-state index in [1.54, 1.807) is 71.0 Å². The van der Waals surface area contributed by atoms with Crippen LogP contribution in [0.1, 0.15) is 46.3 Å². The van der Waals surface area contributed by atoms with Crippen molar-refractivity contribution < 1.29 is 27.4 Å². The lowest BCUT2D eigenvalue weighted by molar-refractivity contribution is -0.157. The Morgan fingerprint density at radius 3 is 2.42 bits per heavy atom. The van der Waals surface area contributed by atoms with Gasteiger partial charge in [0.25, 0.3) is 0 Å². The number of carbonyl (C=O) groups is 1. The first-order chi connectivity index (χ1) is 14.3. The van der Waals surface area contributed by atoms with Crippen LogP contribution in [0.5, 0.6) is 5.75 Å². The van der Waals surface area contributed by atoms with Gasteiger partial charge in [-0.1, -0.05) is 23.7 Å². The molecule has 2 aromatic rings. The number of halogens is 1. The van der Waals surface area contributed by atoms with Crippen molar-refractivity contribution in [2.45, 2.75) is 56.0 Å². The molecule has 0 fully saturated rings. The van der Waals surface area contributed by atoms with Crippen LogP contribution >= 0.6 is 11.6 Å². The summed E-state index contributed by atoms with van der Waals surface area (Å²) in [4.78, 5) is 12.3. The van der Waals surface area contributed by atoms with Gasteiger partial charge in [0.15, 0.2) is 16.4 Å². The lowest BCUT2D eigenvalue weighted by Gasteiger charge is -2.24. The lowest BCUT2D eigenvalue weighted by Crippen LogP contribution is -2.33. The van der Waals surface area contributed by atoms with E-state index < -0.39 is 32.3 Å². The molecule has 0 saturated heterocycles. The number of benzene rings is 2. The normalized spacial score (nSPS) is 19.0. The van der Waals surface area contributed by atoms with Gasteiger partial charge in [-0.05, 0) is 64.4 Å². The quantitative estimate of drug-likeness (QED) is 0.578. The third kappa shape index (κ3) is 4.45. The van der Waals surface area contributed by atoms with Crippen molar-refractivity contribution in [1.82, 2.24) is 0 Å². The second-order valence-electron chi connectivity index (χ2n) is 8.99. The predicted molar refractivity (Wildman–Crippen MR) is 119 cm³/mol. The van der Waals surface area contributed by atoms with Crippen molar-refractivity contribution >= 4 is 27.4 Å². The van der Waals surface area contributed by atoms with Gasteiger partial charge in [0.2, 0.25) is 0 Å². The third-order valence-electron chi connectivity index (χ3n) is 5.16. The zero-order valence-corrected chi connectivity index (χ0v) is 20.1. The molecule has 6 nitrogen and oxygen atoms in total. The molecule has 1 aliphatic heterocycles. The maximum absolute atomic E-state index is 13.2. The molecule has 0 amide bonds. The third-order valence-corrected chi connectivity index (χ3v) is 7.93. The first-order valence-electron chi connectivity index (χ1n) is 9.84. The first-order valence-corrected chi connectivity index (χ1v) is 11.7. The Bertz CT molecular complexity index is 1120. The fourth-order valence-electron chi connectivity index (χ4n) is 3.72. The Morgan fingerprint density at radius 1 is 1.13 bits per heavy atom. The molecule has 1 heterocycles. The summed E-state index contributed by atoms with van der Waals surface area (Å²) in [5.41, 5.74) is 1.18. The van der Waals surface area contributed by atoms with Gasteiger partial charge < -0.3 is 14.2 Å². The van der Waals surface area contributed by atoms with E-state index in [-0.39, 0.29) is 11.5 Å². The van der Waals surface area contributed by atoms with Gasteiger partial charge in [-0.3, -0.25) is 0 Å². The van der Waals surface area contributed by atoms with Crippen LogP contribution in [0.2, 0.25) is 5.02 Å². The van der Waals surface area contributed by atoms with Crippen molar-refractivity contribution in [2.24, 2.45) is 0 Å². The van der Waals surface area contributed by atoms with Crippen LogP contribution in [-0.4, -0.2) is 38.5 Å². The van der Waals surface area contributed by atoms with Crippen molar-refractivity contribution in [3.63, 3.8) is 0 Å². The summed E-state index contributed by atoms with van der Waals surface area (Å²) in [5, 5.41) is 0.457. The van der Waals surface area contributed by atoms with E-state index in [1.807, 2.05) is 0 Å². The van der Waals surface area contributed by atoms with Crippen molar-refractivity contribution in [2.75, 3.05) is 13.7 Å². The van der Waals surface area contributed by atoms with E-state index in [0.717, 1.165) is 0 Å². The maximum Gasteiger partial charge on any atom is 0.344 e. The Labute approximate surface area is 188 Å². The number of carbonyl (C=O) groups excluding carboxylic acids is 1. The van der Waals surface area contributed by atoms with Crippen molar-refractivity contribution in [3.8, 4) is 16.9 Å². The Kier molecular flexibility index (Phi) is 6.17. The van der Waals surface area contributed by atoms with E-state index >= 15 is 0 Å². The largest absolute Gasteiger partial charge is 0.481 e. The van der Waals surface area contributed by atoms with Crippen LogP contribution in [0.3, 0.4) is 0 Å². The Balaban J connectivity index is 2.00. The fraction of sp³-hybridized carbons (Fsp3) is 0.435. The fourth-order valence-corrected chi connectivity index (χ4v) is 5.73. The van der Waals surface area contributed by atoms with Crippen LogP contribution in [0, 0.1) is 0 Å².